The van der Waals surface area contributed by atoms with E-state index in [9.17, 15) is 12.3 Å². The first-order valence-electron chi connectivity index (χ1n) is 5.67. The smallest absolute Gasteiger partial charge is 0.195 e. The van der Waals surface area contributed by atoms with Gasteiger partial charge in [-0.15, -0.1) is 3.89 Å². The van der Waals surface area contributed by atoms with Gasteiger partial charge in [-0.05, 0) is 22.3 Å². The van der Waals surface area contributed by atoms with Crippen LogP contribution in [-0.4, -0.2) is 14.2 Å². The van der Waals surface area contributed by atoms with Gasteiger partial charge in [-0.2, -0.15) is 8.42 Å². The van der Waals surface area contributed by atoms with Gasteiger partial charge >= 0.3 is 10.2 Å². The van der Waals surface area contributed by atoms with Crippen LogP contribution in [0.25, 0.3) is 11.1 Å². The zero-order chi connectivity index (χ0) is 12.8. The highest BCUT2D eigenvalue weighted by atomic mass is 32.3. The van der Waals surface area contributed by atoms with Gasteiger partial charge in [-0.3, -0.25) is 0 Å². The molecular formula is C14H11FO2S. The topological polar surface area (TPSA) is 34.1 Å². The second-order valence-electron chi connectivity index (χ2n) is 4.43. The summed E-state index contributed by atoms with van der Waals surface area (Å²) in [5.74, 6) is -0.881. The molecule has 2 aromatic carbocycles. The molecule has 0 atom stereocenters. The first-order valence-corrected chi connectivity index (χ1v) is 7.22. The molecule has 3 rings (SSSR count). The van der Waals surface area contributed by atoms with Gasteiger partial charge in [-0.25, -0.2) is 0 Å². The predicted octanol–water partition coefficient (Wildman–Crippen LogP) is 3.10. The van der Waals surface area contributed by atoms with Gasteiger partial charge in [0.15, 0.2) is 0 Å². The molecule has 0 amide bonds. The lowest BCUT2D eigenvalue weighted by Gasteiger charge is -2.10. The SMILES string of the molecule is O=S(=O)(F)CC1c2ccccc2-c2ccccc21. The van der Waals surface area contributed by atoms with E-state index in [2.05, 4.69) is 0 Å². The van der Waals surface area contributed by atoms with Gasteiger partial charge in [0.1, 0.15) is 0 Å². The first-order chi connectivity index (χ1) is 8.56. The van der Waals surface area contributed by atoms with Gasteiger partial charge in [0.05, 0.1) is 5.75 Å². The van der Waals surface area contributed by atoms with Gasteiger partial charge in [0.2, 0.25) is 0 Å². The summed E-state index contributed by atoms with van der Waals surface area (Å²) in [5.41, 5.74) is 3.78. The minimum atomic E-state index is -4.49. The van der Waals surface area contributed by atoms with Crippen LogP contribution in [0.15, 0.2) is 48.5 Å². The summed E-state index contributed by atoms with van der Waals surface area (Å²) in [4.78, 5) is 0. The van der Waals surface area contributed by atoms with Gasteiger partial charge in [0, 0.05) is 5.92 Å². The van der Waals surface area contributed by atoms with Gasteiger partial charge < -0.3 is 0 Å². The van der Waals surface area contributed by atoms with Crippen LogP contribution in [-0.2, 0) is 10.2 Å². The molecule has 0 spiro atoms. The maximum absolute atomic E-state index is 13.0. The lowest BCUT2D eigenvalue weighted by Crippen LogP contribution is -2.09. The molecule has 0 fully saturated rings. The molecule has 0 bridgehead atoms. The Morgan fingerprint density at radius 3 is 1.78 bits per heavy atom. The molecule has 0 heterocycles. The van der Waals surface area contributed by atoms with E-state index < -0.39 is 21.9 Å². The lowest BCUT2D eigenvalue weighted by atomic mass is 9.99. The highest BCUT2D eigenvalue weighted by Crippen LogP contribution is 2.45. The van der Waals surface area contributed by atoms with Gasteiger partial charge in [0.25, 0.3) is 0 Å². The Hall–Kier alpha value is -1.68. The third-order valence-corrected chi connectivity index (χ3v) is 4.06. The Kier molecular flexibility index (Phi) is 2.48. The Bertz CT molecular complexity index is 662. The zero-order valence-corrected chi connectivity index (χ0v) is 10.3. The molecule has 18 heavy (non-hydrogen) atoms. The van der Waals surface area contributed by atoms with Crippen molar-refractivity contribution in [3.05, 3.63) is 59.7 Å². The van der Waals surface area contributed by atoms with Crippen molar-refractivity contribution >= 4 is 10.2 Å². The van der Waals surface area contributed by atoms with Crippen molar-refractivity contribution < 1.29 is 12.3 Å². The quantitative estimate of drug-likeness (QED) is 0.779. The first kappa shape index (κ1) is 11.4. The molecular weight excluding hydrogens is 251 g/mol. The number of benzene rings is 2. The van der Waals surface area contributed by atoms with E-state index in [1.165, 1.54) is 0 Å². The van der Waals surface area contributed by atoms with Crippen molar-refractivity contribution in [3.63, 3.8) is 0 Å². The van der Waals surface area contributed by atoms with E-state index in [0.717, 1.165) is 22.3 Å². The third-order valence-electron chi connectivity index (χ3n) is 3.33. The van der Waals surface area contributed by atoms with E-state index in [4.69, 9.17) is 0 Å². The van der Waals surface area contributed by atoms with Crippen molar-refractivity contribution in [1.29, 1.82) is 0 Å². The number of hydrogen-bond acceptors (Lipinski definition) is 2. The van der Waals surface area contributed by atoms with Crippen LogP contribution in [0.5, 0.6) is 0 Å². The van der Waals surface area contributed by atoms with E-state index in [1.54, 1.807) is 0 Å². The minimum absolute atomic E-state index is 0.396. The van der Waals surface area contributed by atoms with Crippen LogP contribution in [0.1, 0.15) is 17.0 Å². The van der Waals surface area contributed by atoms with Crippen molar-refractivity contribution in [2.24, 2.45) is 0 Å². The van der Waals surface area contributed by atoms with E-state index in [-0.39, 0.29) is 0 Å². The number of fused-ring (bicyclic) bond motifs is 3. The van der Waals surface area contributed by atoms with Gasteiger partial charge in [-0.1, -0.05) is 48.5 Å². The summed E-state index contributed by atoms with van der Waals surface area (Å²) in [5, 5.41) is 0. The van der Waals surface area contributed by atoms with Crippen LogP contribution in [0.4, 0.5) is 3.89 Å². The average Bonchev–Trinajstić information content (AvgIpc) is 2.64. The highest BCUT2D eigenvalue weighted by Gasteiger charge is 2.31. The Balaban J connectivity index is 2.21. The highest BCUT2D eigenvalue weighted by molar-refractivity contribution is 7.86. The summed E-state index contributed by atoms with van der Waals surface area (Å²) < 4.78 is 34.9. The molecule has 0 saturated heterocycles. The number of rotatable bonds is 2. The molecule has 1 aliphatic carbocycles. The van der Waals surface area contributed by atoms with E-state index in [0.29, 0.717) is 0 Å². The lowest BCUT2D eigenvalue weighted by molar-refractivity contribution is 0.548. The average molecular weight is 262 g/mol. The summed E-state index contributed by atoms with van der Waals surface area (Å²) in [6.45, 7) is 0. The molecule has 0 unspecified atom stereocenters. The maximum Gasteiger partial charge on any atom is 0.303 e. The number of halogens is 1. The molecule has 0 saturated carbocycles. The fraction of sp³-hybridized carbons (Fsp3) is 0.143. The normalized spacial score (nSPS) is 14.3. The molecule has 0 aromatic heterocycles. The van der Waals surface area contributed by atoms with Crippen molar-refractivity contribution in [2.75, 3.05) is 5.75 Å². The van der Waals surface area contributed by atoms with Crippen LogP contribution in [0.3, 0.4) is 0 Å². The van der Waals surface area contributed by atoms with Crippen LogP contribution in [0.2, 0.25) is 0 Å². The Morgan fingerprint density at radius 2 is 1.33 bits per heavy atom. The van der Waals surface area contributed by atoms with E-state index in [1.807, 2.05) is 48.5 Å². The molecule has 0 radical (unpaired) electrons. The molecule has 92 valence electrons. The summed E-state index contributed by atoms with van der Waals surface area (Å²) in [6, 6.07) is 15.1. The minimum Gasteiger partial charge on any atom is -0.195 e. The summed E-state index contributed by atoms with van der Waals surface area (Å²) in [6.07, 6.45) is 0. The molecule has 1 aliphatic rings. The maximum atomic E-state index is 13.0. The van der Waals surface area contributed by atoms with Crippen LogP contribution in [0, 0.1) is 0 Å². The second-order valence-corrected chi connectivity index (χ2v) is 5.84. The summed E-state index contributed by atoms with van der Waals surface area (Å²) >= 11 is 0. The standard InChI is InChI=1S/C14H11FO2S/c15-18(16,17)9-14-12-7-3-1-5-10(12)11-6-2-4-8-13(11)14/h1-8,14H,9H2. The fourth-order valence-electron chi connectivity index (χ4n) is 2.64. The molecule has 0 N–H and O–H groups in total. The largest absolute Gasteiger partial charge is 0.303 e. The Morgan fingerprint density at radius 1 is 0.889 bits per heavy atom. The van der Waals surface area contributed by atoms with Crippen molar-refractivity contribution in [2.45, 2.75) is 5.92 Å². The van der Waals surface area contributed by atoms with E-state index >= 15 is 0 Å². The van der Waals surface area contributed by atoms with Crippen LogP contribution >= 0.6 is 0 Å². The fourth-order valence-corrected chi connectivity index (χ4v) is 3.40. The predicted molar refractivity (Wildman–Crippen MR) is 68.6 cm³/mol. The van der Waals surface area contributed by atoms with Crippen molar-refractivity contribution in [1.82, 2.24) is 0 Å². The molecule has 4 heteroatoms. The third kappa shape index (κ3) is 1.82. The molecule has 0 aliphatic heterocycles. The second kappa shape index (κ2) is 3.92. The van der Waals surface area contributed by atoms with Crippen LogP contribution < -0.4 is 0 Å². The summed E-state index contributed by atoms with van der Waals surface area (Å²) in [7, 11) is -4.49. The molecule has 2 nitrogen and oxygen atoms in total. The Labute approximate surface area is 105 Å². The monoisotopic (exact) mass is 262 g/mol. The van der Waals surface area contributed by atoms with Crippen molar-refractivity contribution in [3.8, 4) is 11.1 Å². The molecule has 2 aromatic rings. The number of hydrogen-bond donors (Lipinski definition) is 0. The zero-order valence-electron chi connectivity index (χ0n) is 9.51.